The van der Waals surface area contributed by atoms with Gasteiger partial charge in [-0.05, 0) is 34.5 Å². The van der Waals surface area contributed by atoms with Crippen LogP contribution in [0.4, 0.5) is 5.69 Å². The topological polar surface area (TPSA) is 12.0 Å². The summed E-state index contributed by atoms with van der Waals surface area (Å²) in [7, 11) is 0. The molecule has 1 aromatic rings. The second kappa shape index (κ2) is 3.04. The molecule has 1 aliphatic heterocycles. The van der Waals surface area contributed by atoms with Gasteiger partial charge in [-0.15, -0.1) is 0 Å². The molecule has 0 aromatic heterocycles. The maximum atomic E-state index is 4.04. The highest BCUT2D eigenvalue weighted by Crippen LogP contribution is 2.37. The van der Waals surface area contributed by atoms with Crippen LogP contribution in [0.25, 0.3) is 5.57 Å². The van der Waals surface area contributed by atoms with Gasteiger partial charge in [0.05, 0.1) is 0 Å². The molecule has 0 unspecified atom stereocenters. The van der Waals surface area contributed by atoms with Gasteiger partial charge in [-0.2, -0.15) is 0 Å². The lowest BCUT2D eigenvalue weighted by atomic mass is 10.0. The van der Waals surface area contributed by atoms with Crippen molar-refractivity contribution in [1.29, 1.82) is 0 Å². The van der Waals surface area contributed by atoms with Crippen LogP contribution in [0, 0.1) is 0 Å². The number of benzene rings is 1. The fourth-order valence-electron chi connectivity index (χ4n) is 1.46. The molecule has 1 aromatic carbocycles. The fraction of sp³-hybridized carbons (Fsp3) is 0.0909. The number of rotatable bonds is 0. The number of allylic oxidation sites excluding steroid dienone is 3. The minimum atomic E-state index is 1.05. The van der Waals surface area contributed by atoms with Crippen LogP contribution < -0.4 is 5.32 Å². The van der Waals surface area contributed by atoms with Crippen molar-refractivity contribution in [2.24, 2.45) is 0 Å². The Balaban J connectivity index is 2.59. The van der Waals surface area contributed by atoms with Gasteiger partial charge in [0.1, 0.15) is 0 Å². The van der Waals surface area contributed by atoms with Crippen molar-refractivity contribution in [2.45, 2.75) is 6.92 Å². The second-order valence-electron chi connectivity index (χ2n) is 3.09. The molecule has 1 aliphatic rings. The van der Waals surface area contributed by atoms with E-state index in [-0.39, 0.29) is 0 Å². The van der Waals surface area contributed by atoms with Crippen LogP contribution in [-0.4, -0.2) is 0 Å². The summed E-state index contributed by atoms with van der Waals surface area (Å²) in [5, 5.41) is 3.31. The van der Waals surface area contributed by atoms with Crippen molar-refractivity contribution in [2.75, 3.05) is 5.32 Å². The Morgan fingerprint density at radius 3 is 2.77 bits per heavy atom. The monoisotopic (exact) mass is 235 g/mol. The standard InChI is InChI=1S/C11H10BrN/c1-7-9-5-3-4-6-10(9)13-8(2)11(7)12/h3-6,13H,1H2,2H3. The minimum absolute atomic E-state index is 1.05. The minimum Gasteiger partial charge on any atom is -0.358 e. The molecule has 66 valence electrons. The fourth-order valence-corrected chi connectivity index (χ4v) is 1.77. The summed E-state index contributed by atoms with van der Waals surface area (Å²) in [5.74, 6) is 0. The first-order valence-corrected chi connectivity index (χ1v) is 4.91. The number of hydrogen-bond donors (Lipinski definition) is 1. The molecular weight excluding hydrogens is 226 g/mol. The number of nitrogens with one attached hydrogen (secondary N) is 1. The van der Waals surface area contributed by atoms with Gasteiger partial charge in [-0.25, -0.2) is 0 Å². The molecule has 0 radical (unpaired) electrons. The summed E-state index contributed by atoms with van der Waals surface area (Å²) in [6.45, 7) is 6.08. The molecule has 0 saturated carbocycles. The SMILES string of the molecule is C=C1C(Br)=C(C)Nc2ccccc21. The zero-order valence-corrected chi connectivity index (χ0v) is 8.98. The lowest BCUT2D eigenvalue weighted by molar-refractivity contribution is 1.33. The molecule has 0 atom stereocenters. The Labute approximate surface area is 86.3 Å². The first-order chi connectivity index (χ1) is 6.20. The Kier molecular flexibility index (Phi) is 2.00. The Morgan fingerprint density at radius 2 is 2.00 bits per heavy atom. The molecule has 0 spiro atoms. The van der Waals surface area contributed by atoms with Gasteiger partial charge in [-0.3, -0.25) is 0 Å². The van der Waals surface area contributed by atoms with Gasteiger partial charge in [0.15, 0.2) is 0 Å². The molecule has 13 heavy (non-hydrogen) atoms. The molecular formula is C11H10BrN. The molecule has 0 aliphatic carbocycles. The van der Waals surface area contributed by atoms with Gasteiger partial charge in [0, 0.05) is 21.4 Å². The van der Waals surface area contributed by atoms with E-state index in [1.54, 1.807) is 0 Å². The highest BCUT2D eigenvalue weighted by molar-refractivity contribution is 9.12. The summed E-state index contributed by atoms with van der Waals surface area (Å²) in [5.41, 5.74) is 4.46. The number of fused-ring (bicyclic) bond motifs is 1. The van der Waals surface area contributed by atoms with E-state index in [2.05, 4.69) is 40.0 Å². The zero-order valence-electron chi connectivity index (χ0n) is 7.39. The van der Waals surface area contributed by atoms with Crippen LogP contribution in [0.3, 0.4) is 0 Å². The third kappa shape index (κ3) is 1.31. The molecule has 2 heteroatoms. The average molecular weight is 236 g/mol. The van der Waals surface area contributed by atoms with Crippen LogP contribution in [0.15, 0.2) is 41.0 Å². The number of halogens is 1. The van der Waals surface area contributed by atoms with Crippen LogP contribution in [-0.2, 0) is 0 Å². The summed E-state index contributed by atoms with van der Waals surface area (Å²) < 4.78 is 1.06. The smallest absolute Gasteiger partial charge is 0.0461 e. The van der Waals surface area contributed by atoms with Crippen molar-refractivity contribution in [3.63, 3.8) is 0 Å². The normalized spacial score (nSPS) is 15.4. The highest BCUT2D eigenvalue weighted by Gasteiger charge is 2.15. The quantitative estimate of drug-likeness (QED) is 0.723. The molecule has 1 nitrogen and oxygen atoms in total. The third-order valence-electron chi connectivity index (χ3n) is 2.17. The van der Waals surface area contributed by atoms with E-state index in [1.807, 2.05) is 19.1 Å². The lowest BCUT2D eigenvalue weighted by Crippen LogP contribution is -2.06. The van der Waals surface area contributed by atoms with E-state index in [9.17, 15) is 0 Å². The van der Waals surface area contributed by atoms with Crippen LogP contribution in [0.2, 0.25) is 0 Å². The van der Waals surface area contributed by atoms with Crippen LogP contribution in [0.1, 0.15) is 12.5 Å². The summed E-state index contributed by atoms with van der Waals surface area (Å²) in [4.78, 5) is 0. The van der Waals surface area contributed by atoms with Crippen molar-refractivity contribution < 1.29 is 0 Å². The van der Waals surface area contributed by atoms with Gasteiger partial charge >= 0.3 is 0 Å². The predicted molar refractivity (Wildman–Crippen MR) is 60.7 cm³/mol. The molecule has 0 amide bonds. The summed E-state index contributed by atoms with van der Waals surface area (Å²) >= 11 is 3.51. The summed E-state index contributed by atoms with van der Waals surface area (Å²) in [6.07, 6.45) is 0. The van der Waals surface area contributed by atoms with E-state index >= 15 is 0 Å². The van der Waals surface area contributed by atoms with E-state index in [4.69, 9.17) is 0 Å². The Bertz CT molecular complexity index is 404. The van der Waals surface area contributed by atoms with Crippen LogP contribution in [0.5, 0.6) is 0 Å². The molecule has 0 fully saturated rings. The van der Waals surface area contributed by atoms with Crippen molar-refractivity contribution in [1.82, 2.24) is 0 Å². The van der Waals surface area contributed by atoms with Gasteiger partial charge in [0.25, 0.3) is 0 Å². The highest BCUT2D eigenvalue weighted by atomic mass is 79.9. The molecule has 0 saturated heterocycles. The number of anilines is 1. The van der Waals surface area contributed by atoms with Crippen LogP contribution >= 0.6 is 15.9 Å². The molecule has 1 N–H and O–H groups in total. The third-order valence-corrected chi connectivity index (χ3v) is 3.24. The van der Waals surface area contributed by atoms with Gasteiger partial charge in [0.2, 0.25) is 0 Å². The van der Waals surface area contributed by atoms with Gasteiger partial charge < -0.3 is 5.32 Å². The maximum absolute atomic E-state index is 4.04. The van der Waals surface area contributed by atoms with Crippen molar-refractivity contribution in [3.05, 3.63) is 46.6 Å². The first-order valence-electron chi connectivity index (χ1n) is 4.12. The number of para-hydroxylation sites is 1. The average Bonchev–Trinajstić information content (AvgIpc) is 2.15. The zero-order chi connectivity index (χ0) is 9.42. The maximum Gasteiger partial charge on any atom is 0.0461 e. The lowest BCUT2D eigenvalue weighted by Gasteiger charge is -2.21. The molecule has 0 bridgehead atoms. The van der Waals surface area contributed by atoms with E-state index in [0.29, 0.717) is 0 Å². The number of hydrogen-bond acceptors (Lipinski definition) is 1. The largest absolute Gasteiger partial charge is 0.358 e. The van der Waals surface area contributed by atoms with Crippen molar-refractivity contribution >= 4 is 27.2 Å². The Hall–Kier alpha value is -1.02. The van der Waals surface area contributed by atoms with Crippen molar-refractivity contribution in [3.8, 4) is 0 Å². The summed E-state index contributed by atoms with van der Waals surface area (Å²) in [6, 6.07) is 8.17. The van der Waals surface area contributed by atoms with Gasteiger partial charge in [-0.1, -0.05) is 24.8 Å². The second-order valence-corrected chi connectivity index (χ2v) is 3.88. The molecule has 2 rings (SSSR count). The van der Waals surface area contributed by atoms with E-state index in [1.165, 1.54) is 5.56 Å². The van der Waals surface area contributed by atoms with E-state index in [0.717, 1.165) is 21.4 Å². The predicted octanol–water partition coefficient (Wildman–Crippen LogP) is 3.75. The first kappa shape index (κ1) is 8.57. The Morgan fingerprint density at radius 1 is 1.31 bits per heavy atom. The molecule has 1 heterocycles. The van der Waals surface area contributed by atoms with E-state index < -0.39 is 0 Å².